The van der Waals surface area contributed by atoms with Gasteiger partial charge in [0, 0.05) is 31.9 Å². The van der Waals surface area contributed by atoms with Crippen LogP contribution in [0.15, 0.2) is 18.5 Å². The highest BCUT2D eigenvalue weighted by Gasteiger charge is 2.34. The van der Waals surface area contributed by atoms with Gasteiger partial charge in [0.05, 0.1) is 23.4 Å². The zero-order valence-electron chi connectivity index (χ0n) is 15.4. The second-order valence-corrected chi connectivity index (χ2v) is 7.71. The molecule has 0 spiro atoms. The molecule has 1 unspecified atom stereocenters. The third-order valence-electron chi connectivity index (χ3n) is 4.90. The molecule has 1 fully saturated rings. The normalized spacial score (nSPS) is 17.7. The SMILES string of the molecule is CNC(=O)C1CCCN(c2nn3c(-c4cnc(N)c(C(F)(F)F)c4)cnc3s2)C1. The molecule has 0 radical (unpaired) electrons. The Morgan fingerprint density at radius 3 is 2.86 bits per heavy atom. The van der Waals surface area contributed by atoms with E-state index in [9.17, 15) is 18.0 Å². The second kappa shape index (κ2) is 7.17. The number of piperidine rings is 1. The number of nitrogens with two attached hydrogens (primary N) is 1. The molecule has 3 N–H and O–H groups in total. The van der Waals surface area contributed by atoms with Gasteiger partial charge in [-0.25, -0.2) is 14.5 Å². The summed E-state index contributed by atoms with van der Waals surface area (Å²) in [5.41, 5.74) is 5.00. The van der Waals surface area contributed by atoms with E-state index in [-0.39, 0.29) is 17.4 Å². The molecule has 4 heterocycles. The quantitative estimate of drug-likeness (QED) is 0.668. The van der Waals surface area contributed by atoms with Gasteiger partial charge < -0.3 is 16.0 Å². The number of amides is 1. The number of carbonyl (C=O) groups is 1. The van der Waals surface area contributed by atoms with Crippen molar-refractivity contribution in [1.29, 1.82) is 0 Å². The van der Waals surface area contributed by atoms with Crippen LogP contribution in [0, 0.1) is 5.92 Å². The van der Waals surface area contributed by atoms with Gasteiger partial charge in [0.2, 0.25) is 16.0 Å². The van der Waals surface area contributed by atoms with Crippen molar-refractivity contribution >= 4 is 33.2 Å². The van der Waals surface area contributed by atoms with Crippen LogP contribution in [0.5, 0.6) is 0 Å². The van der Waals surface area contributed by atoms with Crippen molar-refractivity contribution in [2.45, 2.75) is 19.0 Å². The number of nitrogen functional groups attached to an aromatic ring is 1. The monoisotopic (exact) mass is 425 g/mol. The predicted molar refractivity (Wildman–Crippen MR) is 103 cm³/mol. The van der Waals surface area contributed by atoms with Gasteiger partial charge in [-0.3, -0.25) is 4.79 Å². The van der Waals surface area contributed by atoms with Crippen molar-refractivity contribution in [3.63, 3.8) is 0 Å². The minimum absolute atomic E-state index is 0.00986. The van der Waals surface area contributed by atoms with Gasteiger partial charge >= 0.3 is 6.18 Å². The van der Waals surface area contributed by atoms with E-state index in [1.807, 2.05) is 4.90 Å². The molecule has 1 aliphatic rings. The number of hydrogen-bond donors (Lipinski definition) is 2. The first kappa shape index (κ1) is 19.4. The molecule has 1 atom stereocenters. The van der Waals surface area contributed by atoms with Crippen LogP contribution in [0.25, 0.3) is 16.2 Å². The molecule has 3 aromatic heterocycles. The van der Waals surface area contributed by atoms with Crippen molar-refractivity contribution in [2.75, 3.05) is 30.8 Å². The fourth-order valence-corrected chi connectivity index (χ4v) is 4.33. The van der Waals surface area contributed by atoms with E-state index in [1.165, 1.54) is 28.2 Å². The van der Waals surface area contributed by atoms with E-state index >= 15 is 0 Å². The smallest absolute Gasteiger partial charge is 0.383 e. The molecule has 8 nitrogen and oxygen atoms in total. The summed E-state index contributed by atoms with van der Waals surface area (Å²) in [6.07, 6.45) is -0.215. The summed E-state index contributed by atoms with van der Waals surface area (Å²) < 4.78 is 41.0. The van der Waals surface area contributed by atoms with Crippen LogP contribution in [0.2, 0.25) is 0 Å². The number of fused-ring (bicyclic) bond motifs is 1. The topological polar surface area (TPSA) is 101 Å². The lowest BCUT2D eigenvalue weighted by molar-refractivity contribution is -0.137. The van der Waals surface area contributed by atoms with Crippen molar-refractivity contribution in [1.82, 2.24) is 24.9 Å². The fraction of sp³-hybridized carbons (Fsp3) is 0.412. The third kappa shape index (κ3) is 3.59. The first-order valence-electron chi connectivity index (χ1n) is 8.92. The average Bonchev–Trinajstić information content (AvgIpc) is 3.28. The Labute approximate surface area is 167 Å². The van der Waals surface area contributed by atoms with Crippen molar-refractivity contribution in [2.24, 2.45) is 5.92 Å². The highest BCUT2D eigenvalue weighted by atomic mass is 32.1. The number of imidazole rings is 1. The van der Waals surface area contributed by atoms with Crippen LogP contribution in [0.4, 0.5) is 24.1 Å². The molecule has 12 heteroatoms. The Morgan fingerprint density at radius 2 is 2.14 bits per heavy atom. The first-order valence-corrected chi connectivity index (χ1v) is 9.73. The number of rotatable bonds is 3. The van der Waals surface area contributed by atoms with E-state index in [1.54, 1.807) is 7.05 Å². The Balaban J connectivity index is 1.67. The summed E-state index contributed by atoms with van der Waals surface area (Å²) in [5.74, 6) is -0.709. The van der Waals surface area contributed by atoms with Gasteiger partial charge in [0.25, 0.3) is 0 Å². The van der Waals surface area contributed by atoms with E-state index in [0.717, 1.165) is 25.5 Å². The number of nitrogens with one attached hydrogen (secondary N) is 1. The number of nitrogens with zero attached hydrogens (tertiary/aromatic N) is 5. The molecule has 154 valence electrons. The Kier molecular flexibility index (Phi) is 4.81. The Hall–Kier alpha value is -2.89. The molecular weight excluding hydrogens is 407 g/mol. The maximum absolute atomic E-state index is 13.2. The lowest BCUT2D eigenvalue weighted by atomic mass is 9.98. The van der Waals surface area contributed by atoms with Gasteiger partial charge in [-0.2, -0.15) is 13.2 Å². The second-order valence-electron chi connectivity index (χ2n) is 6.78. The standard InChI is InChI=1S/C17H18F3N7OS/c1-22-14(28)9-3-2-4-26(8-9)16-25-27-12(7-24-15(27)29-16)10-5-11(17(18,19)20)13(21)23-6-10/h5-7,9H,2-4,8H2,1H3,(H2,21,23)(H,22,28). The number of carbonyl (C=O) groups excluding carboxylic acids is 1. The van der Waals surface area contributed by atoms with Crippen LogP contribution in [0.3, 0.4) is 0 Å². The van der Waals surface area contributed by atoms with E-state index in [4.69, 9.17) is 5.73 Å². The van der Waals surface area contributed by atoms with Gasteiger partial charge in [0.1, 0.15) is 5.82 Å². The van der Waals surface area contributed by atoms with Crippen molar-refractivity contribution < 1.29 is 18.0 Å². The lowest BCUT2D eigenvalue weighted by Crippen LogP contribution is -2.42. The molecule has 3 aromatic rings. The number of aromatic nitrogens is 4. The van der Waals surface area contributed by atoms with Crippen molar-refractivity contribution in [3.8, 4) is 11.3 Å². The number of alkyl halides is 3. The minimum atomic E-state index is -4.60. The summed E-state index contributed by atoms with van der Waals surface area (Å²) in [4.78, 5) is 22.5. The van der Waals surface area contributed by atoms with Crippen LogP contribution < -0.4 is 16.0 Å². The van der Waals surface area contributed by atoms with Gasteiger partial charge in [-0.05, 0) is 18.9 Å². The molecule has 0 bridgehead atoms. The molecule has 1 saturated heterocycles. The first-order chi connectivity index (χ1) is 13.8. The fourth-order valence-electron chi connectivity index (χ4n) is 3.42. The maximum atomic E-state index is 13.2. The van der Waals surface area contributed by atoms with Crippen LogP contribution in [-0.2, 0) is 11.0 Å². The zero-order valence-corrected chi connectivity index (χ0v) is 16.2. The number of anilines is 2. The summed E-state index contributed by atoms with van der Waals surface area (Å²) in [6.45, 7) is 1.29. The number of hydrogen-bond acceptors (Lipinski definition) is 7. The predicted octanol–water partition coefficient (Wildman–Crippen LogP) is 2.42. The zero-order chi connectivity index (χ0) is 20.8. The molecule has 4 rings (SSSR count). The van der Waals surface area contributed by atoms with Crippen LogP contribution in [-0.4, -0.2) is 45.6 Å². The van der Waals surface area contributed by atoms with E-state index in [2.05, 4.69) is 20.4 Å². The number of pyridine rings is 1. The summed E-state index contributed by atoms with van der Waals surface area (Å²) in [7, 11) is 1.61. The molecule has 29 heavy (non-hydrogen) atoms. The Morgan fingerprint density at radius 1 is 1.34 bits per heavy atom. The highest BCUT2D eigenvalue weighted by Crippen LogP contribution is 2.36. The Bertz CT molecular complexity index is 1060. The van der Waals surface area contributed by atoms with Gasteiger partial charge in [0.15, 0.2) is 0 Å². The maximum Gasteiger partial charge on any atom is 0.419 e. The molecule has 1 amide bonds. The van der Waals surface area contributed by atoms with E-state index < -0.39 is 17.6 Å². The molecular formula is C17H18F3N7OS. The summed E-state index contributed by atoms with van der Waals surface area (Å²) >= 11 is 1.32. The summed E-state index contributed by atoms with van der Waals surface area (Å²) in [6, 6.07) is 0.952. The van der Waals surface area contributed by atoms with Gasteiger partial charge in [-0.1, -0.05) is 11.3 Å². The molecule has 1 aliphatic heterocycles. The largest absolute Gasteiger partial charge is 0.419 e. The van der Waals surface area contributed by atoms with Crippen LogP contribution >= 0.6 is 11.3 Å². The highest BCUT2D eigenvalue weighted by molar-refractivity contribution is 7.20. The van der Waals surface area contributed by atoms with Crippen LogP contribution in [0.1, 0.15) is 18.4 Å². The third-order valence-corrected chi connectivity index (χ3v) is 5.89. The van der Waals surface area contributed by atoms with Crippen molar-refractivity contribution in [3.05, 3.63) is 24.0 Å². The summed E-state index contributed by atoms with van der Waals surface area (Å²) in [5, 5.41) is 7.87. The minimum Gasteiger partial charge on any atom is -0.383 e. The van der Waals surface area contributed by atoms with E-state index in [0.29, 0.717) is 22.3 Å². The van der Waals surface area contributed by atoms with Gasteiger partial charge in [-0.15, -0.1) is 5.10 Å². The lowest BCUT2D eigenvalue weighted by Gasteiger charge is -2.31. The molecule has 0 saturated carbocycles. The molecule has 0 aromatic carbocycles. The molecule has 0 aliphatic carbocycles. The average molecular weight is 425 g/mol. The number of halogens is 3.